The van der Waals surface area contributed by atoms with E-state index in [0.29, 0.717) is 53.0 Å². The summed E-state index contributed by atoms with van der Waals surface area (Å²) in [5.41, 5.74) is 1.13. The molecule has 1 aliphatic rings. The van der Waals surface area contributed by atoms with Crippen LogP contribution in [0.2, 0.25) is 0 Å². The summed E-state index contributed by atoms with van der Waals surface area (Å²) >= 11 is 4.63. The maximum Gasteiger partial charge on any atom is 0.262 e. The fourth-order valence-electron chi connectivity index (χ4n) is 3.13. The molecule has 0 aliphatic carbocycles. The lowest BCUT2D eigenvalue weighted by Crippen LogP contribution is -2.23. The number of benzene rings is 2. The summed E-state index contributed by atoms with van der Waals surface area (Å²) in [6, 6.07) is 10.7. The smallest absolute Gasteiger partial charge is 0.262 e. The third-order valence-corrected chi connectivity index (χ3v) is 6.03. The predicted octanol–water partition coefficient (Wildman–Crippen LogP) is 4.07. The van der Waals surface area contributed by atoms with E-state index in [1.807, 2.05) is 13.0 Å². The van der Waals surface area contributed by atoms with Gasteiger partial charge in [0.2, 0.25) is 5.91 Å². The van der Waals surface area contributed by atoms with E-state index in [-0.39, 0.29) is 17.2 Å². The summed E-state index contributed by atoms with van der Waals surface area (Å²) in [5, 5.41) is 3.93. The number of amides is 1. The van der Waals surface area contributed by atoms with Crippen LogP contribution in [0.25, 0.3) is 10.9 Å². The third-order valence-electron chi connectivity index (χ3n) is 4.56. The highest BCUT2D eigenvalue weighted by Gasteiger charge is 2.15. The molecule has 0 spiro atoms. The van der Waals surface area contributed by atoms with Crippen LogP contribution >= 0.6 is 27.7 Å². The van der Waals surface area contributed by atoms with Gasteiger partial charge in [0.25, 0.3) is 5.56 Å². The van der Waals surface area contributed by atoms with Gasteiger partial charge in [-0.1, -0.05) is 27.7 Å². The number of nitrogens with zero attached hydrogens (tertiary/aromatic N) is 2. The van der Waals surface area contributed by atoms with Crippen LogP contribution in [0.4, 0.5) is 5.69 Å². The standard InChI is InChI=1S/C21H20BrN3O4S/c1-2-25-20(27)15-10-13(22)4-6-16(15)24-21(25)30-12-19(26)23-14-5-7-17-18(11-14)29-9-3-8-28-17/h4-7,10-11H,2-3,8-9,12H2,1H3,(H,23,26). The molecule has 3 aromatic rings. The van der Waals surface area contributed by atoms with E-state index in [9.17, 15) is 9.59 Å². The first-order valence-corrected chi connectivity index (χ1v) is 11.4. The number of rotatable bonds is 5. The van der Waals surface area contributed by atoms with E-state index in [1.165, 1.54) is 11.8 Å². The molecular formula is C21H20BrN3O4S. The Hall–Kier alpha value is -2.52. The van der Waals surface area contributed by atoms with Gasteiger partial charge in [-0.2, -0.15) is 0 Å². The SMILES string of the molecule is CCn1c(SCC(=O)Nc2ccc3c(c2)OCCCO3)nc2ccc(Br)cc2c1=O. The van der Waals surface area contributed by atoms with E-state index in [2.05, 4.69) is 26.2 Å². The molecule has 2 aromatic carbocycles. The largest absolute Gasteiger partial charge is 0.490 e. The average molecular weight is 490 g/mol. The molecule has 1 aliphatic heterocycles. The molecular weight excluding hydrogens is 470 g/mol. The number of ether oxygens (including phenoxy) is 2. The minimum atomic E-state index is -0.192. The zero-order valence-electron chi connectivity index (χ0n) is 16.3. The van der Waals surface area contributed by atoms with Crippen molar-refractivity contribution in [3.63, 3.8) is 0 Å². The van der Waals surface area contributed by atoms with Gasteiger partial charge >= 0.3 is 0 Å². The summed E-state index contributed by atoms with van der Waals surface area (Å²) in [5.74, 6) is 1.24. The van der Waals surface area contributed by atoms with Crippen LogP contribution < -0.4 is 20.3 Å². The first-order chi connectivity index (χ1) is 14.5. The number of thioether (sulfide) groups is 1. The van der Waals surface area contributed by atoms with Crippen LogP contribution in [0.15, 0.2) is 50.8 Å². The second-order valence-electron chi connectivity index (χ2n) is 6.65. The lowest BCUT2D eigenvalue weighted by molar-refractivity contribution is -0.113. The molecule has 1 aromatic heterocycles. The Morgan fingerprint density at radius 1 is 1.20 bits per heavy atom. The number of nitrogens with one attached hydrogen (secondary N) is 1. The molecule has 0 atom stereocenters. The lowest BCUT2D eigenvalue weighted by atomic mass is 10.2. The van der Waals surface area contributed by atoms with Crippen LogP contribution in [0, 0.1) is 0 Å². The lowest BCUT2D eigenvalue weighted by Gasteiger charge is -2.12. The molecule has 7 nitrogen and oxygen atoms in total. The second-order valence-corrected chi connectivity index (χ2v) is 8.51. The van der Waals surface area contributed by atoms with Gasteiger partial charge in [-0.25, -0.2) is 4.98 Å². The van der Waals surface area contributed by atoms with Gasteiger partial charge < -0.3 is 14.8 Å². The first-order valence-electron chi connectivity index (χ1n) is 9.57. The number of hydrogen-bond donors (Lipinski definition) is 1. The fraction of sp³-hybridized carbons (Fsp3) is 0.286. The molecule has 0 unspecified atom stereocenters. The van der Waals surface area contributed by atoms with Gasteiger partial charge in [0.05, 0.1) is 29.9 Å². The van der Waals surface area contributed by atoms with E-state index >= 15 is 0 Å². The molecule has 9 heteroatoms. The molecule has 2 heterocycles. The molecule has 156 valence electrons. The van der Waals surface area contributed by atoms with Crippen LogP contribution in [-0.2, 0) is 11.3 Å². The molecule has 0 fully saturated rings. The van der Waals surface area contributed by atoms with Crippen molar-refractivity contribution in [1.82, 2.24) is 9.55 Å². The predicted molar refractivity (Wildman–Crippen MR) is 121 cm³/mol. The number of halogens is 1. The summed E-state index contributed by atoms with van der Waals surface area (Å²) in [4.78, 5) is 29.9. The van der Waals surface area contributed by atoms with Crippen molar-refractivity contribution in [2.24, 2.45) is 0 Å². The first kappa shape index (κ1) is 20.7. The van der Waals surface area contributed by atoms with Gasteiger partial charge in [0.15, 0.2) is 16.7 Å². The Morgan fingerprint density at radius 2 is 2.00 bits per heavy atom. The molecule has 4 rings (SSSR count). The second kappa shape index (κ2) is 9.09. The zero-order chi connectivity index (χ0) is 21.1. The van der Waals surface area contributed by atoms with E-state index in [4.69, 9.17) is 9.47 Å². The van der Waals surface area contributed by atoms with Gasteiger partial charge in [-0.05, 0) is 37.3 Å². The molecule has 30 heavy (non-hydrogen) atoms. The number of carbonyl (C=O) groups excluding carboxylic acids is 1. The van der Waals surface area contributed by atoms with Crippen molar-refractivity contribution in [3.8, 4) is 11.5 Å². The Balaban J connectivity index is 1.49. The van der Waals surface area contributed by atoms with E-state index < -0.39 is 0 Å². The Kier molecular flexibility index (Phi) is 6.29. The normalized spacial score (nSPS) is 13.1. The van der Waals surface area contributed by atoms with E-state index in [1.54, 1.807) is 34.9 Å². The van der Waals surface area contributed by atoms with Gasteiger partial charge in [-0.3, -0.25) is 14.2 Å². The molecule has 0 saturated heterocycles. The van der Waals surface area contributed by atoms with Crippen LogP contribution in [0.3, 0.4) is 0 Å². The molecule has 0 radical (unpaired) electrons. The van der Waals surface area contributed by atoms with Crippen molar-refractivity contribution in [3.05, 3.63) is 51.2 Å². The minimum absolute atomic E-state index is 0.116. The zero-order valence-corrected chi connectivity index (χ0v) is 18.7. The van der Waals surface area contributed by atoms with Gasteiger partial charge in [0, 0.05) is 29.2 Å². The van der Waals surface area contributed by atoms with Gasteiger partial charge in [-0.15, -0.1) is 0 Å². The van der Waals surface area contributed by atoms with Crippen LogP contribution in [-0.4, -0.2) is 34.4 Å². The highest BCUT2D eigenvalue weighted by molar-refractivity contribution is 9.10. The van der Waals surface area contributed by atoms with Crippen molar-refractivity contribution < 1.29 is 14.3 Å². The van der Waals surface area contributed by atoms with Gasteiger partial charge in [0.1, 0.15) is 0 Å². The number of hydrogen-bond acceptors (Lipinski definition) is 6. The van der Waals surface area contributed by atoms with Crippen LogP contribution in [0.5, 0.6) is 11.5 Å². The van der Waals surface area contributed by atoms with Crippen molar-refractivity contribution >= 4 is 50.2 Å². The summed E-state index contributed by atoms with van der Waals surface area (Å²) in [7, 11) is 0. The molecule has 0 bridgehead atoms. The maximum absolute atomic E-state index is 12.8. The quantitative estimate of drug-likeness (QED) is 0.429. The molecule has 1 amide bonds. The van der Waals surface area contributed by atoms with E-state index in [0.717, 1.165) is 10.9 Å². The fourth-order valence-corrected chi connectivity index (χ4v) is 4.35. The summed E-state index contributed by atoms with van der Waals surface area (Å²) in [6.07, 6.45) is 0.821. The number of aromatic nitrogens is 2. The summed E-state index contributed by atoms with van der Waals surface area (Å²) < 4.78 is 13.7. The third kappa shape index (κ3) is 4.46. The number of anilines is 1. The Labute approximate surface area is 185 Å². The highest BCUT2D eigenvalue weighted by atomic mass is 79.9. The minimum Gasteiger partial charge on any atom is -0.490 e. The highest BCUT2D eigenvalue weighted by Crippen LogP contribution is 2.32. The Morgan fingerprint density at radius 3 is 2.80 bits per heavy atom. The van der Waals surface area contributed by atoms with Crippen LogP contribution in [0.1, 0.15) is 13.3 Å². The summed E-state index contributed by atoms with van der Waals surface area (Å²) in [6.45, 7) is 3.55. The number of fused-ring (bicyclic) bond motifs is 2. The molecule has 0 saturated carbocycles. The average Bonchev–Trinajstić information content (AvgIpc) is 2.98. The monoisotopic (exact) mass is 489 g/mol. The van der Waals surface area contributed by atoms with Crippen molar-refractivity contribution in [2.75, 3.05) is 24.3 Å². The number of carbonyl (C=O) groups is 1. The molecule has 1 N–H and O–H groups in total. The topological polar surface area (TPSA) is 82.5 Å². The van der Waals surface area contributed by atoms with Crippen molar-refractivity contribution in [2.45, 2.75) is 25.0 Å². The van der Waals surface area contributed by atoms with Crippen molar-refractivity contribution in [1.29, 1.82) is 0 Å². The Bertz CT molecular complexity index is 1160. The maximum atomic E-state index is 12.8.